The number of hydrogen-bond acceptors (Lipinski definition) is 7. The van der Waals surface area contributed by atoms with Crippen molar-refractivity contribution in [2.24, 2.45) is 0 Å². The largest absolute Gasteiger partial charge is 0.348 e. The molecule has 0 spiro atoms. The van der Waals surface area contributed by atoms with Gasteiger partial charge in [0.05, 0.1) is 0 Å². The summed E-state index contributed by atoms with van der Waals surface area (Å²) in [5.74, 6) is 2.05. The average Bonchev–Trinajstić information content (AvgIpc) is 3.42. The Morgan fingerprint density at radius 1 is 1.08 bits per heavy atom. The number of anilines is 1. The lowest BCUT2D eigenvalue weighted by Crippen LogP contribution is -2.33. The smallest absolute Gasteiger partial charge is 0.185 e. The molecule has 0 amide bonds. The molecule has 0 saturated carbocycles. The molecule has 4 aromatic rings. The van der Waals surface area contributed by atoms with Crippen LogP contribution in [0.25, 0.3) is 11.5 Å². The van der Waals surface area contributed by atoms with E-state index in [-0.39, 0.29) is 0 Å². The van der Waals surface area contributed by atoms with Crippen LogP contribution in [0.1, 0.15) is 24.6 Å². The normalized spacial score (nSPS) is 15.9. The van der Waals surface area contributed by atoms with Gasteiger partial charge in [-0.15, -0.1) is 26.6 Å². The molecular formula is C16H16N8S. The highest BCUT2D eigenvalue weighted by molar-refractivity contribution is 7.13. The topological polar surface area (TPSA) is 77.0 Å². The van der Waals surface area contributed by atoms with Crippen molar-refractivity contribution < 1.29 is 0 Å². The van der Waals surface area contributed by atoms with Gasteiger partial charge >= 0.3 is 0 Å². The highest BCUT2D eigenvalue weighted by atomic mass is 32.1. The van der Waals surface area contributed by atoms with E-state index in [2.05, 4.69) is 30.3 Å². The molecular weight excluding hydrogens is 336 g/mol. The molecule has 0 aromatic carbocycles. The molecule has 5 rings (SSSR count). The molecule has 1 aliphatic rings. The Labute approximate surface area is 147 Å². The standard InChI is InChI=1S/C16H16N8S/c1-6-18-23(8-1)14-3-2-13-19-20-15(24(13)21-14)12-4-9-22(10-5-12)16-17-7-11-25-16/h1-3,6-8,11-12H,4-5,9-10H2. The van der Waals surface area contributed by atoms with Crippen molar-refractivity contribution in [3.63, 3.8) is 0 Å². The molecule has 8 nitrogen and oxygen atoms in total. The van der Waals surface area contributed by atoms with Crippen LogP contribution in [0.15, 0.2) is 42.2 Å². The zero-order valence-corrected chi connectivity index (χ0v) is 14.2. The molecule has 1 saturated heterocycles. The second kappa shape index (κ2) is 5.92. The van der Waals surface area contributed by atoms with Crippen molar-refractivity contribution >= 4 is 22.1 Å². The summed E-state index contributed by atoms with van der Waals surface area (Å²) in [6.45, 7) is 1.96. The van der Waals surface area contributed by atoms with Crippen LogP contribution < -0.4 is 4.90 Å². The van der Waals surface area contributed by atoms with E-state index in [0.717, 1.165) is 48.4 Å². The van der Waals surface area contributed by atoms with Crippen LogP contribution in [0.3, 0.4) is 0 Å². The number of fused-ring (bicyclic) bond motifs is 1. The first-order chi connectivity index (χ1) is 12.4. The van der Waals surface area contributed by atoms with Gasteiger partial charge in [0.2, 0.25) is 0 Å². The molecule has 9 heteroatoms. The van der Waals surface area contributed by atoms with Crippen molar-refractivity contribution in [1.82, 2.24) is 34.6 Å². The van der Waals surface area contributed by atoms with Crippen LogP contribution in [-0.2, 0) is 0 Å². The lowest BCUT2D eigenvalue weighted by molar-refractivity contribution is 0.476. The van der Waals surface area contributed by atoms with Crippen molar-refractivity contribution in [2.45, 2.75) is 18.8 Å². The Balaban J connectivity index is 1.42. The molecule has 0 bridgehead atoms. The Bertz CT molecular complexity index is 967. The third-order valence-corrected chi connectivity index (χ3v) is 5.39. The molecule has 0 atom stereocenters. The van der Waals surface area contributed by atoms with Crippen molar-refractivity contribution in [1.29, 1.82) is 0 Å². The van der Waals surface area contributed by atoms with Gasteiger partial charge in [-0.2, -0.15) is 9.61 Å². The average molecular weight is 352 g/mol. The second-order valence-corrected chi connectivity index (χ2v) is 6.92. The van der Waals surface area contributed by atoms with E-state index in [1.807, 2.05) is 40.5 Å². The first kappa shape index (κ1) is 14.5. The summed E-state index contributed by atoms with van der Waals surface area (Å²) in [5, 5.41) is 20.8. The monoisotopic (exact) mass is 352 g/mol. The number of rotatable bonds is 3. The summed E-state index contributed by atoms with van der Waals surface area (Å²) < 4.78 is 3.61. The summed E-state index contributed by atoms with van der Waals surface area (Å²) in [7, 11) is 0. The van der Waals surface area contributed by atoms with Crippen LogP contribution in [-0.4, -0.2) is 47.7 Å². The number of piperidine rings is 1. The minimum absolute atomic E-state index is 0.353. The van der Waals surface area contributed by atoms with E-state index in [9.17, 15) is 0 Å². The molecule has 4 aromatic heterocycles. The zero-order valence-electron chi connectivity index (χ0n) is 13.4. The summed E-state index contributed by atoms with van der Waals surface area (Å²) >= 11 is 1.69. The number of aromatic nitrogens is 7. The summed E-state index contributed by atoms with van der Waals surface area (Å²) in [4.78, 5) is 6.75. The van der Waals surface area contributed by atoms with Gasteiger partial charge in [-0.3, -0.25) is 0 Å². The van der Waals surface area contributed by atoms with E-state index in [1.165, 1.54) is 0 Å². The number of nitrogens with zero attached hydrogens (tertiary/aromatic N) is 8. The molecule has 0 unspecified atom stereocenters. The maximum atomic E-state index is 4.69. The highest BCUT2D eigenvalue weighted by Gasteiger charge is 2.26. The van der Waals surface area contributed by atoms with E-state index in [0.29, 0.717) is 5.92 Å². The van der Waals surface area contributed by atoms with Gasteiger partial charge in [0, 0.05) is 43.0 Å². The maximum Gasteiger partial charge on any atom is 0.185 e. The van der Waals surface area contributed by atoms with E-state index in [4.69, 9.17) is 0 Å². The van der Waals surface area contributed by atoms with E-state index in [1.54, 1.807) is 22.2 Å². The Kier molecular flexibility index (Phi) is 3.44. The second-order valence-electron chi connectivity index (χ2n) is 6.05. The zero-order chi connectivity index (χ0) is 16.6. The minimum Gasteiger partial charge on any atom is -0.348 e. The Morgan fingerprint density at radius 2 is 2.00 bits per heavy atom. The lowest BCUT2D eigenvalue weighted by Gasteiger charge is -2.30. The third-order valence-electron chi connectivity index (χ3n) is 4.56. The summed E-state index contributed by atoms with van der Waals surface area (Å²) in [6, 6.07) is 5.73. The van der Waals surface area contributed by atoms with Crippen LogP contribution in [0.2, 0.25) is 0 Å². The fraction of sp³-hybridized carbons (Fsp3) is 0.312. The molecule has 0 N–H and O–H groups in total. The van der Waals surface area contributed by atoms with Crippen LogP contribution >= 0.6 is 11.3 Å². The molecule has 25 heavy (non-hydrogen) atoms. The fourth-order valence-corrected chi connectivity index (χ4v) is 3.97. The molecule has 1 aliphatic heterocycles. The van der Waals surface area contributed by atoms with Gasteiger partial charge < -0.3 is 4.90 Å². The first-order valence-corrected chi connectivity index (χ1v) is 9.13. The molecule has 5 heterocycles. The maximum absolute atomic E-state index is 4.69. The highest BCUT2D eigenvalue weighted by Crippen LogP contribution is 2.30. The van der Waals surface area contributed by atoms with Gasteiger partial charge in [0.25, 0.3) is 0 Å². The quantitative estimate of drug-likeness (QED) is 0.562. The van der Waals surface area contributed by atoms with Crippen LogP contribution in [0.4, 0.5) is 5.13 Å². The van der Waals surface area contributed by atoms with Gasteiger partial charge in [-0.05, 0) is 31.0 Å². The third kappa shape index (κ3) is 2.56. The Morgan fingerprint density at radius 3 is 2.76 bits per heavy atom. The number of hydrogen-bond donors (Lipinski definition) is 0. The van der Waals surface area contributed by atoms with Gasteiger partial charge in [0.15, 0.2) is 22.4 Å². The summed E-state index contributed by atoms with van der Waals surface area (Å²) in [5.41, 5.74) is 0.772. The van der Waals surface area contributed by atoms with Crippen molar-refractivity contribution in [2.75, 3.05) is 18.0 Å². The van der Waals surface area contributed by atoms with Crippen LogP contribution in [0.5, 0.6) is 0 Å². The van der Waals surface area contributed by atoms with Gasteiger partial charge in [-0.1, -0.05) is 0 Å². The molecule has 0 aliphatic carbocycles. The van der Waals surface area contributed by atoms with Crippen molar-refractivity contribution in [3.05, 3.63) is 48.0 Å². The number of thiazole rings is 1. The van der Waals surface area contributed by atoms with E-state index < -0.39 is 0 Å². The lowest BCUT2D eigenvalue weighted by atomic mass is 9.96. The SMILES string of the molecule is c1cnn(-c2ccc3nnc(C4CCN(c5nccs5)CC4)n3n2)c1. The van der Waals surface area contributed by atoms with Gasteiger partial charge in [0.1, 0.15) is 0 Å². The summed E-state index contributed by atoms with van der Waals surface area (Å²) in [6.07, 6.45) is 7.53. The van der Waals surface area contributed by atoms with Crippen LogP contribution in [0, 0.1) is 0 Å². The predicted octanol–water partition coefficient (Wildman–Crippen LogP) is 2.15. The molecule has 0 radical (unpaired) electrons. The predicted molar refractivity (Wildman–Crippen MR) is 94.2 cm³/mol. The van der Waals surface area contributed by atoms with Gasteiger partial charge in [-0.25, -0.2) is 9.67 Å². The fourth-order valence-electron chi connectivity index (χ4n) is 3.28. The first-order valence-electron chi connectivity index (χ1n) is 8.25. The molecule has 1 fully saturated rings. The van der Waals surface area contributed by atoms with Crippen molar-refractivity contribution in [3.8, 4) is 5.82 Å². The molecule has 126 valence electrons. The Hall–Kier alpha value is -2.81. The van der Waals surface area contributed by atoms with E-state index >= 15 is 0 Å². The minimum atomic E-state index is 0.353.